The summed E-state index contributed by atoms with van der Waals surface area (Å²) in [6, 6.07) is 17.9. The molecule has 152 valence electrons. The van der Waals surface area contributed by atoms with Crippen molar-refractivity contribution in [1.82, 2.24) is 5.01 Å². The number of phenols is 2. The van der Waals surface area contributed by atoms with Gasteiger partial charge in [0.05, 0.1) is 18.9 Å². The van der Waals surface area contributed by atoms with E-state index < -0.39 is 6.23 Å². The second-order valence-electron chi connectivity index (χ2n) is 7.25. The highest BCUT2D eigenvalue weighted by molar-refractivity contribution is 6.31. The molecule has 0 aliphatic carbocycles. The van der Waals surface area contributed by atoms with Gasteiger partial charge in [0.25, 0.3) is 0 Å². The smallest absolute Gasteiger partial charge is 0.214 e. The Morgan fingerprint density at radius 1 is 1.07 bits per heavy atom. The molecule has 0 bridgehead atoms. The van der Waals surface area contributed by atoms with Crippen molar-refractivity contribution in [2.75, 3.05) is 7.11 Å². The van der Waals surface area contributed by atoms with Gasteiger partial charge in [-0.15, -0.1) is 0 Å². The van der Waals surface area contributed by atoms with E-state index >= 15 is 0 Å². The van der Waals surface area contributed by atoms with Crippen LogP contribution in [-0.4, -0.2) is 28.0 Å². The van der Waals surface area contributed by atoms with E-state index in [1.807, 2.05) is 29.3 Å². The fourth-order valence-electron chi connectivity index (χ4n) is 4.00. The predicted octanol–water partition coefficient (Wildman–Crippen LogP) is 5.00. The first-order valence-corrected chi connectivity index (χ1v) is 9.90. The Bertz CT molecular complexity index is 1160. The van der Waals surface area contributed by atoms with Crippen LogP contribution < -0.4 is 9.47 Å². The van der Waals surface area contributed by atoms with Crippen LogP contribution >= 0.6 is 11.6 Å². The maximum Gasteiger partial charge on any atom is 0.214 e. The number of hydrogen-bond donors (Lipinski definition) is 2. The van der Waals surface area contributed by atoms with Gasteiger partial charge in [-0.25, -0.2) is 5.01 Å². The number of phenolic OH excluding ortho intramolecular Hbond substituents is 2. The standard InChI is InChI=1S/C23H19ClN2O4/c1-29-22-10-13(6-8-20(22)28)23-26-18(15-4-2-3-5-21(15)30-23)12-17(25-26)16-11-14(24)7-9-19(16)27/h2-11,18,23,27-28H,12H2,1H3. The van der Waals surface area contributed by atoms with Crippen LogP contribution in [0.2, 0.25) is 5.02 Å². The van der Waals surface area contributed by atoms with E-state index in [1.54, 1.807) is 36.4 Å². The second-order valence-corrected chi connectivity index (χ2v) is 7.68. The number of ether oxygens (including phenoxy) is 2. The average Bonchev–Trinajstić information content (AvgIpc) is 3.21. The molecule has 2 unspecified atom stereocenters. The van der Waals surface area contributed by atoms with Crippen LogP contribution in [0.1, 0.15) is 35.4 Å². The van der Waals surface area contributed by atoms with E-state index in [0.29, 0.717) is 22.8 Å². The summed E-state index contributed by atoms with van der Waals surface area (Å²) >= 11 is 6.16. The van der Waals surface area contributed by atoms with Crippen LogP contribution in [0, 0.1) is 0 Å². The zero-order valence-electron chi connectivity index (χ0n) is 16.1. The number of nitrogens with zero attached hydrogens (tertiary/aromatic N) is 2. The molecule has 0 saturated heterocycles. The summed E-state index contributed by atoms with van der Waals surface area (Å²) in [6.07, 6.45) is 0.0817. The summed E-state index contributed by atoms with van der Waals surface area (Å²) in [7, 11) is 1.51. The molecular weight excluding hydrogens is 404 g/mol. The highest BCUT2D eigenvalue weighted by Crippen LogP contribution is 2.48. The van der Waals surface area contributed by atoms with E-state index in [4.69, 9.17) is 26.2 Å². The summed E-state index contributed by atoms with van der Waals surface area (Å²) in [6.45, 7) is 0. The van der Waals surface area contributed by atoms with Crippen LogP contribution in [-0.2, 0) is 0 Å². The predicted molar refractivity (Wildman–Crippen MR) is 113 cm³/mol. The Kier molecular flexibility index (Phi) is 4.44. The summed E-state index contributed by atoms with van der Waals surface area (Å²) in [5.41, 5.74) is 3.16. The van der Waals surface area contributed by atoms with Crippen LogP contribution in [0.3, 0.4) is 0 Å². The Labute approximate surface area is 178 Å². The van der Waals surface area contributed by atoms with Crippen molar-refractivity contribution in [3.8, 4) is 23.0 Å². The van der Waals surface area contributed by atoms with Gasteiger partial charge in [-0.2, -0.15) is 5.10 Å². The third-order valence-corrected chi connectivity index (χ3v) is 5.69. The molecule has 0 amide bonds. The zero-order chi connectivity index (χ0) is 20.8. The molecule has 3 aromatic carbocycles. The number of hydrazone groups is 1. The van der Waals surface area contributed by atoms with E-state index in [1.165, 1.54) is 7.11 Å². The maximum absolute atomic E-state index is 10.4. The Balaban J connectivity index is 1.62. The fraction of sp³-hybridized carbons (Fsp3) is 0.174. The molecule has 3 aromatic rings. The molecule has 0 spiro atoms. The van der Waals surface area contributed by atoms with Gasteiger partial charge in [0.1, 0.15) is 11.5 Å². The average molecular weight is 423 g/mol. The molecule has 5 rings (SSSR count). The van der Waals surface area contributed by atoms with Gasteiger partial charge in [0.2, 0.25) is 6.23 Å². The van der Waals surface area contributed by atoms with Crippen LogP contribution in [0.25, 0.3) is 0 Å². The lowest BCUT2D eigenvalue weighted by Crippen LogP contribution is -2.33. The molecule has 0 fully saturated rings. The van der Waals surface area contributed by atoms with Gasteiger partial charge in [-0.3, -0.25) is 0 Å². The number of halogens is 1. The Hall–Kier alpha value is -3.38. The number of rotatable bonds is 3. The SMILES string of the molecule is COc1cc(C2Oc3ccccc3C3CC(c4cc(Cl)ccc4O)=NN32)ccc1O. The zero-order valence-corrected chi connectivity index (χ0v) is 16.9. The lowest BCUT2D eigenvalue weighted by molar-refractivity contribution is -0.0191. The molecule has 30 heavy (non-hydrogen) atoms. The van der Waals surface area contributed by atoms with E-state index in [2.05, 4.69) is 0 Å². The van der Waals surface area contributed by atoms with Crippen LogP contribution in [0.5, 0.6) is 23.0 Å². The minimum Gasteiger partial charge on any atom is -0.507 e. The lowest BCUT2D eigenvalue weighted by atomic mass is 9.95. The van der Waals surface area contributed by atoms with Gasteiger partial charge in [-0.05, 0) is 42.5 Å². The van der Waals surface area contributed by atoms with Gasteiger partial charge in [0, 0.05) is 28.1 Å². The second kappa shape index (κ2) is 7.15. The van der Waals surface area contributed by atoms with E-state index in [0.717, 1.165) is 22.6 Å². The molecule has 2 heterocycles. The fourth-order valence-corrected chi connectivity index (χ4v) is 4.18. The molecule has 7 heteroatoms. The number of benzene rings is 3. The number of para-hydroxylation sites is 1. The van der Waals surface area contributed by atoms with Crippen molar-refractivity contribution in [3.63, 3.8) is 0 Å². The summed E-state index contributed by atoms with van der Waals surface area (Å²) < 4.78 is 11.6. The van der Waals surface area contributed by atoms with Crippen molar-refractivity contribution in [3.05, 3.63) is 82.4 Å². The van der Waals surface area contributed by atoms with Crippen molar-refractivity contribution in [2.24, 2.45) is 5.10 Å². The first kappa shape index (κ1) is 18.6. The molecule has 2 aliphatic heterocycles. The summed E-state index contributed by atoms with van der Waals surface area (Å²) in [4.78, 5) is 0. The molecular formula is C23H19ClN2O4. The number of methoxy groups -OCH3 is 1. The van der Waals surface area contributed by atoms with Gasteiger partial charge in [-0.1, -0.05) is 29.8 Å². The number of hydrogen-bond acceptors (Lipinski definition) is 6. The molecule has 0 saturated carbocycles. The number of fused-ring (bicyclic) bond motifs is 3. The van der Waals surface area contributed by atoms with Gasteiger partial charge >= 0.3 is 0 Å². The Morgan fingerprint density at radius 2 is 1.87 bits per heavy atom. The molecule has 2 aliphatic rings. The first-order chi connectivity index (χ1) is 14.5. The molecule has 6 nitrogen and oxygen atoms in total. The minimum atomic E-state index is -0.516. The third-order valence-electron chi connectivity index (χ3n) is 5.46. The van der Waals surface area contributed by atoms with Crippen molar-refractivity contribution < 1.29 is 19.7 Å². The maximum atomic E-state index is 10.4. The van der Waals surface area contributed by atoms with Gasteiger partial charge in [0.15, 0.2) is 11.5 Å². The molecule has 2 N–H and O–H groups in total. The largest absolute Gasteiger partial charge is 0.507 e. The van der Waals surface area contributed by atoms with Crippen molar-refractivity contribution >= 4 is 17.3 Å². The molecule has 0 radical (unpaired) electrons. The third kappa shape index (κ3) is 3.00. The molecule has 2 atom stereocenters. The summed E-state index contributed by atoms with van der Waals surface area (Å²) in [5.74, 6) is 1.34. The summed E-state index contributed by atoms with van der Waals surface area (Å²) in [5, 5.41) is 27.6. The normalized spacial score (nSPS) is 19.5. The van der Waals surface area contributed by atoms with Crippen molar-refractivity contribution in [1.29, 1.82) is 0 Å². The quantitative estimate of drug-likeness (QED) is 0.621. The Morgan fingerprint density at radius 3 is 2.70 bits per heavy atom. The number of aromatic hydroxyl groups is 2. The van der Waals surface area contributed by atoms with E-state index in [-0.39, 0.29) is 17.5 Å². The minimum absolute atomic E-state index is 0.0588. The molecule has 0 aromatic heterocycles. The van der Waals surface area contributed by atoms with Gasteiger partial charge < -0.3 is 19.7 Å². The topological polar surface area (TPSA) is 74.5 Å². The highest BCUT2D eigenvalue weighted by atomic mass is 35.5. The van der Waals surface area contributed by atoms with Crippen LogP contribution in [0.15, 0.2) is 65.8 Å². The highest BCUT2D eigenvalue weighted by Gasteiger charge is 2.41. The van der Waals surface area contributed by atoms with Crippen molar-refractivity contribution in [2.45, 2.75) is 18.7 Å². The van der Waals surface area contributed by atoms with E-state index in [9.17, 15) is 10.2 Å². The monoisotopic (exact) mass is 422 g/mol. The first-order valence-electron chi connectivity index (χ1n) is 9.52. The van der Waals surface area contributed by atoms with Crippen LogP contribution in [0.4, 0.5) is 0 Å². The lowest BCUT2D eigenvalue weighted by Gasteiger charge is -2.38.